The Morgan fingerprint density at radius 3 is 2.74 bits per heavy atom. The van der Waals surface area contributed by atoms with Crippen LogP contribution in [0.3, 0.4) is 0 Å². The fourth-order valence-corrected chi connectivity index (χ4v) is 3.46. The number of hydrogen-bond donors (Lipinski definition) is 1. The van der Waals surface area contributed by atoms with E-state index in [0.717, 1.165) is 24.0 Å². The number of carbonyl (C=O) groups is 1. The Kier molecular flexibility index (Phi) is 4.50. The molecule has 0 radical (unpaired) electrons. The van der Waals surface area contributed by atoms with Gasteiger partial charge in [-0.1, -0.05) is 6.42 Å². The molecule has 1 aromatic rings. The van der Waals surface area contributed by atoms with Gasteiger partial charge in [0.15, 0.2) is 0 Å². The minimum absolute atomic E-state index is 0.00972. The maximum Gasteiger partial charge on any atom is 0.406 e. The summed E-state index contributed by atoms with van der Waals surface area (Å²) < 4.78 is 38.5. The monoisotopic (exact) mass is 330 g/mol. The number of aromatic nitrogens is 2. The summed E-state index contributed by atoms with van der Waals surface area (Å²) >= 11 is 0. The van der Waals surface area contributed by atoms with E-state index in [0.29, 0.717) is 12.0 Å². The van der Waals surface area contributed by atoms with E-state index in [-0.39, 0.29) is 18.4 Å². The number of alkyl halides is 3. The molecule has 8 heteroatoms. The van der Waals surface area contributed by atoms with Gasteiger partial charge in [-0.25, -0.2) is 9.78 Å². The van der Waals surface area contributed by atoms with Crippen molar-refractivity contribution >= 4 is 6.03 Å². The van der Waals surface area contributed by atoms with Crippen LogP contribution in [0.25, 0.3) is 0 Å². The molecule has 0 bridgehead atoms. The van der Waals surface area contributed by atoms with E-state index >= 15 is 0 Å². The highest BCUT2D eigenvalue weighted by Crippen LogP contribution is 2.37. The lowest BCUT2D eigenvalue weighted by Crippen LogP contribution is -2.47. The maximum absolute atomic E-state index is 12.5. The maximum atomic E-state index is 12.5. The molecule has 3 rings (SSSR count). The Morgan fingerprint density at radius 2 is 2.09 bits per heavy atom. The fraction of sp³-hybridized carbons (Fsp3) is 0.733. The van der Waals surface area contributed by atoms with Gasteiger partial charge in [0.05, 0.1) is 6.54 Å². The SMILES string of the molecule is O=C(NCc1nccn1CC(F)(F)F)N1CCC[C@@H]1C1CCC1. The van der Waals surface area contributed by atoms with E-state index in [2.05, 4.69) is 10.3 Å². The van der Waals surface area contributed by atoms with Crippen molar-refractivity contribution in [2.45, 2.75) is 57.4 Å². The van der Waals surface area contributed by atoms with E-state index in [1.54, 1.807) is 0 Å². The molecule has 2 aliphatic rings. The van der Waals surface area contributed by atoms with Crippen LogP contribution in [0, 0.1) is 5.92 Å². The number of halogens is 3. The number of nitrogens with one attached hydrogen (secondary N) is 1. The van der Waals surface area contributed by atoms with Crippen LogP contribution >= 0.6 is 0 Å². The Labute approximate surface area is 132 Å². The average molecular weight is 330 g/mol. The molecule has 0 spiro atoms. The molecule has 1 saturated heterocycles. The van der Waals surface area contributed by atoms with Gasteiger partial charge in [0.25, 0.3) is 0 Å². The number of urea groups is 1. The van der Waals surface area contributed by atoms with Crippen LogP contribution in [-0.2, 0) is 13.1 Å². The fourth-order valence-electron chi connectivity index (χ4n) is 3.46. The topological polar surface area (TPSA) is 50.2 Å². The van der Waals surface area contributed by atoms with Crippen molar-refractivity contribution in [2.24, 2.45) is 5.92 Å². The van der Waals surface area contributed by atoms with Gasteiger partial charge in [0.2, 0.25) is 0 Å². The van der Waals surface area contributed by atoms with Gasteiger partial charge in [-0.2, -0.15) is 13.2 Å². The predicted molar refractivity (Wildman–Crippen MR) is 77.6 cm³/mol. The molecule has 5 nitrogen and oxygen atoms in total. The number of nitrogens with zero attached hydrogens (tertiary/aromatic N) is 3. The van der Waals surface area contributed by atoms with Gasteiger partial charge in [-0.05, 0) is 31.6 Å². The van der Waals surface area contributed by atoms with Gasteiger partial charge in [-0.15, -0.1) is 0 Å². The molecule has 0 unspecified atom stereocenters. The lowest BCUT2D eigenvalue weighted by Gasteiger charge is -2.36. The third-order valence-electron chi connectivity index (χ3n) is 4.80. The third kappa shape index (κ3) is 3.79. The second kappa shape index (κ2) is 6.41. The van der Waals surface area contributed by atoms with Crippen LogP contribution in [0.5, 0.6) is 0 Å². The third-order valence-corrected chi connectivity index (χ3v) is 4.80. The second-order valence-corrected chi connectivity index (χ2v) is 6.34. The molecular formula is C15H21F3N4O. The summed E-state index contributed by atoms with van der Waals surface area (Å²) in [7, 11) is 0. The lowest BCUT2D eigenvalue weighted by atomic mass is 9.79. The van der Waals surface area contributed by atoms with E-state index in [1.165, 1.54) is 31.7 Å². The molecule has 1 N–H and O–H groups in total. The van der Waals surface area contributed by atoms with Crippen LogP contribution in [0.15, 0.2) is 12.4 Å². The van der Waals surface area contributed by atoms with Crippen molar-refractivity contribution in [1.82, 2.24) is 19.8 Å². The molecule has 2 heterocycles. The number of amides is 2. The first-order valence-corrected chi connectivity index (χ1v) is 8.05. The van der Waals surface area contributed by atoms with E-state index < -0.39 is 12.7 Å². The van der Waals surface area contributed by atoms with E-state index in [9.17, 15) is 18.0 Å². The molecular weight excluding hydrogens is 309 g/mol. The Balaban J connectivity index is 1.56. The molecule has 2 amide bonds. The first kappa shape index (κ1) is 16.1. The van der Waals surface area contributed by atoms with Crippen LogP contribution < -0.4 is 5.32 Å². The highest BCUT2D eigenvalue weighted by atomic mass is 19.4. The van der Waals surface area contributed by atoms with Crippen LogP contribution in [0.2, 0.25) is 0 Å². The standard InChI is InChI=1S/C15H21F3N4O/c16-15(17,18)10-21-8-6-19-13(21)9-20-14(23)22-7-2-5-12(22)11-3-1-4-11/h6,8,11-12H,1-5,7,9-10H2,(H,20,23)/t12-/m1/s1. The molecule has 1 aromatic heterocycles. The molecule has 1 saturated carbocycles. The van der Waals surface area contributed by atoms with Gasteiger partial charge < -0.3 is 14.8 Å². The molecule has 0 aromatic carbocycles. The van der Waals surface area contributed by atoms with Crippen LogP contribution in [-0.4, -0.2) is 39.2 Å². The summed E-state index contributed by atoms with van der Waals surface area (Å²) in [4.78, 5) is 18.1. The Morgan fingerprint density at radius 1 is 1.30 bits per heavy atom. The lowest BCUT2D eigenvalue weighted by molar-refractivity contribution is -0.141. The van der Waals surface area contributed by atoms with E-state index in [1.807, 2.05) is 4.90 Å². The van der Waals surface area contributed by atoms with Crippen molar-refractivity contribution in [1.29, 1.82) is 0 Å². The number of likely N-dealkylation sites (tertiary alicyclic amines) is 1. The predicted octanol–water partition coefficient (Wildman–Crippen LogP) is 2.92. The zero-order valence-electron chi connectivity index (χ0n) is 12.9. The zero-order valence-corrected chi connectivity index (χ0v) is 12.9. The van der Waals surface area contributed by atoms with Crippen molar-refractivity contribution < 1.29 is 18.0 Å². The first-order chi connectivity index (χ1) is 10.9. The number of imidazole rings is 1. The van der Waals surface area contributed by atoms with Gasteiger partial charge >= 0.3 is 12.2 Å². The normalized spacial score (nSPS) is 22.2. The molecule has 1 atom stereocenters. The van der Waals surface area contributed by atoms with Crippen molar-refractivity contribution in [2.75, 3.05) is 6.54 Å². The summed E-state index contributed by atoms with van der Waals surface area (Å²) in [5, 5.41) is 2.72. The highest BCUT2D eigenvalue weighted by molar-refractivity contribution is 5.74. The molecule has 1 aliphatic heterocycles. The molecule has 2 fully saturated rings. The van der Waals surface area contributed by atoms with Crippen LogP contribution in [0.1, 0.15) is 37.9 Å². The van der Waals surface area contributed by atoms with Crippen molar-refractivity contribution in [3.8, 4) is 0 Å². The summed E-state index contributed by atoms with van der Waals surface area (Å²) in [6, 6.07) is 0.0969. The smallest absolute Gasteiger partial charge is 0.331 e. The average Bonchev–Trinajstić information content (AvgIpc) is 3.02. The van der Waals surface area contributed by atoms with Gasteiger partial charge in [-0.3, -0.25) is 0 Å². The summed E-state index contributed by atoms with van der Waals surface area (Å²) in [6.07, 6.45) is 3.89. The minimum Gasteiger partial charge on any atom is -0.331 e. The Bertz CT molecular complexity index is 553. The summed E-state index contributed by atoms with van der Waals surface area (Å²) in [5.41, 5.74) is 0. The summed E-state index contributed by atoms with van der Waals surface area (Å²) in [6.45, 7) is -0.355. The summed E-state index contributed by atoms with van der Waals surface area (Å²) in [5.74, 6) is 0.811. The molecule has 1 aliphatic carbocycles. The van der Waals surface area contributed by atoms with E-state index in [4.69, 9.17) is 0 Å². The number of carbonyl (C=O) groups excluding carboxylic acids is 1. The Hall–Kier alpha value is -1.73. The highest BCUT2D eigenvalue weighted by Gasteiger charge is 2.37. The quantitative estimate of drug-likeness (QED) is 0.923. The van der Waals surface area contributed by atoms with Crippen LogP contribution in [0.4, 0.5) is 18.0 Å². The number of rotatable bonds is 4. The zero-order chi connectivity index (χ0) is 16.4. The molecule has 128 valence electrons. The molecule has 23 heavy (non-hydrogen) atoms. The van der Waals surface area contributed by atoms with Crippen molar-refractivity contribution in [3.05, 3.63) is 18.2 Å². The van der Waals surface area contributed by atoms with Gasteiger partial charge in [0.1, 0.15) is 12.4 Å². The first-order valence-electron chi connectivity index (χ1n) is 8.05. The number of hydrogen-bond acceptors (Lipinski definition) is 2. The van der Waals surface area contributed by atoms with Crippen molar-refractivity contribution in [3.63, 3.8) is 0 Å². The van der Waals surface area contributed by atoms with Gasteiger partial charge in [0, 0.05) is 25.0 Å². The minimum atomic E-state index is -4.30. The second-order valence-electron chi connectivity index (χ2n) is 6.34. The largest absolute Gasteiger partial charge is 0.406 e.